The highest BCUT2D eigenvalue weighted by molar-refractivity contribution is 5.87. The third-order valence-corrected chi connectivity index (χ3v) is 5.27. The summed E-state index contributed by atoms with van der Waals surface area (Å²) in [7, 11) is 0. The van der Waals surface area contributed by atoms with Crippen LogP contribution in [0.3, 0.4) is 0 Å². The first-order valence-electron chi connectivity index (χ1n) is 11.5. The van der Waals surface area contributed by atoms with Gasteiger partial charge >= 0.3 is 5.97 Å². The second kappa shape index (κ2) is 17.2. The maximum Gasteiger partial charge on any atom is 0.336 e. The number of carboxylic acid groups (broad SMARTS) is 1. The molecule has 29 heavy (non-hydrogen) atoms. The molecule has 1 N–H and O–H groups in total. The molecule has 0 bridgehead atoms. The molecule has 0 atom stereocenters. The van der Waals surface area contributed by atoms with Gasteiger partial charge < -0.3 is 9.84 Å². The number of aromatic carboxylic acids is 1. The molecule has 1 aromatic rings. The Bertz CT molecular complexity index is 554. The van der Waals surface area contributed by atoms with Gasteiger partial charge in [-0.25, -0.2) is 9.36 Å². The number of aromatic nitrogens is 1. The highest BCUT2D eigenvalue weighted by Crippen LogP contribution is 2.12. The van der Waals surface area contributed by atoms with E-state index in [1.807, 2.05) is 12.4 Å². The van der Waals surface area contributed by atoms with Crippen LogP contribution in [0.4, 0.5) is 0 Å². The van der Waals surface area contributed by atoms with E-state index in [0.717, 1.165) is 32.6 Å². The van der Waals surface area contributed by atoms with Gasteiger partial charge in [0.1, 0.15) is 6.54 Å². The van der Waals surface area contributed by atoms with Gasteiger partial charge in [-0.05, 0) is 26.2 Å². The van der Waals surface area contributed by atoms with E-state index >= 15 is 0 Å². The minimum atomic E-state index is -0.864. The van der Waals surface area contributed by atoms with Gasteiger partial charge in [-0.3, -0.25) is 0 Å². The Labute approximate surface area is 178 Å². The second-order valence-corrected chi connectivity index (χ2v) is 8.19. The summed E-state index contributed by atoms with van der Waals surface area (Å²) in [5.41, 5.74) is 1.55. The standard InChI is InChI=1S/C25H41NO3/c1-23(2)17-22-29-21-14-12-10-8-6-4-3-5-7-9-11-13-18-26-19-15-24(16-20-26)25(27)28/h15-16,19-20H,1,3-14,17-18,21-22H2,2H3/p+1. The van der Waals surface area contributed by atoms with Crippen molar-refractivity contribution < 1.29 is 19.2 Å². The lowest BCUT2D eigenvalue weighted by Gasteiger charge is -2.05. The fourth-order valence-corrected chi connectivity index (χ4v) is 3.36. The predicted molar refractivity (Wildman–Crippen MR) is 119 cm³/mol. The summed E-state index contributed by atoms with van der Waals surface area (Å²) in [4.78, 5) is 10.8. The number of aryl methyl sites for hydroxylation is 1. The summed E-state index contributed by atoms with van der Waals surface area (Å²) in [5, 5.41) is 8.90. The molecule has 0 aliphatic carbocycles. The Kier molecular flexibility index (Phi) is 15.0. The van der Waals surface area contributed by atoms with E-state index in [0.29, 0.717) is 5.56 Å². The molecule has 1 heterocycles. The molecule has 164 valence electrons. The summed E-state index contributed by atoms with van der Waals surface area (Å²) >= 11 is 0. The minimum absolute atomic E-state index is 0.351. The largest absolute Gasteiger partial charge is 0.478 e. The maximum atomic E-state index is 10.8. The molecule has 0 aliphatic heterocycles. The van der Waals surface area contributed by atoms with Crippen molar-refractivity contribution in [1.29, 1.82) is 0 Å². The van der Waals surface area contributed by atoms with E-state index in [2.05, 4.69) is 18.1 Å². The molecule has 0 amide bonds. The van der Waals surface area contributed by atoms with E-state index in [9.17, 15) is 4.79 Å². The van der Waals surface area contributed by atoms with Gasteiger partial charge in [0.15, 0.2) is 12.4 Å². The Balaban J connectivity index is 1.79. The summed E-state index contributed by atoms with van der Waals surface area (Å²) in [6, 6.07) is 3.34. The first-order chi connectivity index (χ1) is 14.1. The number of pyridine rings is 1. The first-order valence-corrected chi connectivity index (χ1v) is 11.5. The highest BCUT2D eigenvalue weighted by Gasteiger charge is 2.05. The summed E-state index contributed by atoms with van der Waals surface area (Å²) in [6.45, 7) is 8.64. The normalized spacial score (nSPS) is 10.9. The zero-order valence-corrected chi connectivity index (χ0v) is 18.5. The predicted octanol–water partition coefficient (Wildman–Crippen LogP) is 6.34. The smallest absolute Gasteiger partial charge is 0.336 e. The Hall–Kier alpha value is -1.68. The zero-order valence-electron chi connectivity index (χ0n) is 18.5. The highest BCUT2D eigenvalue weighted by atomic mass is 16.5. The quantitative estimate of drug-likeness (QED) is 0.166. The number of rotatable bonds is 19. The average molecular weight is 405 g/mol. The fraction of sp³-hybridized carbons (Fsp3) is 0.680. The molecule has 0 fully saturated rings. The molecule has 0 unspecified atom stereocenters. The topological polar surface area (TPSA) is 50.4 Å². The zero-order chi connectivity index (χ0) is 21.2. The molecule has 0 saturated heterocycles. The Morgan fingerprint density at radius 3 is 1.83 bits per heavy atom. The molecule has 4 nitrogen and oxygen atoms in total. The van der Waals surface area contributed by atoms with Crippen LogP contribution in [-0.2, 0) is 11.3 Å². The van der Waals surface area contributed by atoms with Crippen molar-refractivity contribution >= 4 is 5.97 Å². The van der Waals surface area contributed by atoms with Crippen molar-refractivity contribution in [3.05, 3.63) is 42.2 Å². The van der Waals surface area contributed by atoms with Crippen molar-refractivity contribution in [2.45, 2.75) is 96.9 Å². The summed E-state index contributed by atoms with van der Waals surface area (Å²) < 4.78 is 7.67. The number of hydrogen-bond acceptors (Lipinski definition) is 2. The van der Waals surface area contributed by atoms with Crippen LogP contribution in [0.2, 0.25) is 0 Å². The van der Waals surface area contributed by atoms with Crippen LogP contribution in [-0.4, -0.2) is 24.3 Å². The molecule has 1 aromatic heterocycles. The molecule has 0 saturated carbocycles. The molecule has 1 rings (SSSR count). The van der Waals surface area contributed by atoms with Crippen LogP contribution in [0.15, 0.2) is 36.7 Å². The number of carbonyl (C=O) groups is 1. The fourth-order valence-electron chi connectivity index (χ4n) is 3.36. The van der Waals surface area contributed by atoms with Gasteiger partial charge in [0.25, 0.3) is 0 Å². The Morgan fingerprint density at radius 2 is 1.34 bits per heavy atom. The number of ether oxygens (including phenoxy) is 1. The van der Waals surface area contributed by atoms with Gasteiger partial charge in [0.05, 0.1) is 12.2 Å². The number of unbranched alkanes of at least 4 members (excludes halogenated alkanes) is 11. The van der Waals surface area contributed by atoms with Crippen molar-refractivity contribution in [3.63, 3.8) is 0 Å². The van der Waals surface area contributed by atoms with E-state index in [-0.39, 0.29) is 0 Å². The van der Waals surface area contributed by atoms with Crippen LogP contribution < -0.4 is 4.57 Å². The van der Waals surface area contributed by atoms with Crippen molar-refractivity contribution in [3.8, 4) is 0 Å². The summed E-state index contributed by atoms with van der Waals surface area (Å²) in [6.07, 6.45) is 20.4. The van der Waals surface area contributed by atoms with Gasteiger partial charge in [-0.2, -0.15) is 0 Å². The van der Waals surface area contributed by atoms with Gasteiger partial charge in [-0.1, -0.05) is 63.4 Å². The van der Waals surface area contributed by atoms with Gasteiger partial charge in [-0.15, -0.1) is 6.58 Å². The van der Waals surface area contributed by atoms with Crippen molar-refractivity contribution in [2.75, 3.05) is 13.2 Å². The monoisotopic (exact) mass is 404 g/mol. The van der Waals surface area contributed by atoms with Crippen LogP contribution in [0.1, 0.15) is 101 Å². The van der Waals surface area contributed by atoms with Crippen LogP contribution in [0, 0.1) is 0 Å². The van der Waals surface area contributed by atoms with E-state index < -0.39 is 5.97 Å². The number of nitrogens with zero attached hydrogens (tertiary/aromatic N) is 1. The van der Waals surface area contributed by atoms with E-state index in [1.165, 1.54) is 76.2 Å². The number of hydrogen-bond donors (Lipinski definition) is 1. The molecular formula is C25H42NO3+. The SMILES string of the molecule is C=C(C)CCOCCCCCCCCCCCCCC[n+]1ccc(C(=O)O)cc1. The third-order valence-electron chi connectivity index (χ3n) is 5.27. The minimum Gasteiger partial charge on any atom is -0.478 e. The molecule has 4 heteroatoms. The molecule has 0 aromatic carbocycles. The maximum absolute atomic E-state index is 10.8. The first kappa shape index (κ1) is 25.4. The second-order valence-electron chi connectivity index (χ2n) is 8.19. The van der Waals surface area contributed by atoms with Gasteiger partial charge in [0, 0.05) is 25.2 Å². The molecule has 0 aliphatic rings. The van der Waals surface area contributed by atoms with Crippen LogP contribution in [0.5, 0.6) is 0 Å². The third kappa shape index (κ3) is 14.9. The van der Waals surface area contributed by atoms with Crippen LogP contribution in [0.25, 0.3) is 0 Å². The lowest BCUT2D eigenvalue weighted by atomic mass is 10.1. The summed E-state index contributed by atoms with van der Waals surface area (Å²) in [5.74, 6) is -0.864. The van der Waals surface area contributed by atoms with E-state index in [4.69, 9.17) is 9.84 Å². The lowest BCUT2D eigenvalue weighted by Crippen LogP contribution is -2.32. The molecule has 0 radical (unpaired) electrons. The van der Waals surface area contributed by atoms with E-state index in [1.54, 1.807) is 12.1 Å². The van der Waals surface area contributed by atoms with Crippen molar-refractivity contribution in [1.82, 2.24) is 0 Å². The lowest BCUT2D eigenvalue weighted by molar-refractivity contribution is -0.697. The van der Waals surface area contributed by atoms with Crippen molar-refractivity contribution in [2.24, 2.45) is 0 Å². The average Bonchev–Trinajstić information content (AvgIpc) is 2.70. The Morgan fingerprint density at radius 1 is 0.862 bits per heavy atom. The van der Waals surface area contributed by atoms with Crippen LogP contribution >= 0.6 is 0 Å². The molecule has 0 spiro atoms. The number of carboxylic acids is 1. The van der Waals surface area contributed by atoms with Gasteiger partial charge in [0.2, 0.25) is 0 Å². The molecular weight excluding hydrogens is 362 g/mol.